The molecule has 164 valence electrons. The molecule has 1 saturated carbocycles. The highest BCUT2D eigenvalue weighted by molar-refractivity contribution is 7.89. The Balaban J connectivity index is 1.29. The molecule has 2 aromatic heterocycles. The van der Waals surface area contributed by atoms with E-state index in [2.05, 4.69) is 39.1 Å². The van der Waals surface area contributed by atoms with Gasteiger partial charge in [0.15, 0.2) is 17.5 Å². The van der Waals surface area contributed by atoms with E-state index in [0.717, 1.165) is 36.6 Å². The van der Waals surface area contributed by atoms with Crippen molar-refractivity contribution in [1.82, 2.24) is 19.9 Å². The first kappa shape index (κ1) is 20.2. The number of hydrogen-bond acceptors (Lipinski definition) is 6. The Morgan fingerprint density at radius 3 is 2.84 bits per heavy atom. The number of aromatic amines is 1. The molecule has 2 aliphatic rings. The quantitative estimate of drug-likeness (QED) is 0.541. The van der Waals surface area contributed by atoms with Gasteiger partial charge < -0.3 is 9.73 Å². The third-order valence-electron chi connectivity index (χ3n) is 6.12. The van der Waals surface area contributed by atoms with Crippen LogP contribution >= 0.6 is 0 Å². The van der Waals surface area contributed by atoms with E-state index in [0.29, 0.717) is 17.7 Å². The van der Waals surface area contributed by atoms with Crippen molar-refractivity contribution in [3.05, 3.63) is 53.1 Å². The summed E-state index contributed by atoms with van der Waals surface area (Å²) in [4.78, 5) is 4.45. The Morgan fingerprint density at radius 2 is 2.06 bits per heavy atom. The largest absolute Gasteiger partial charge is 0.445 e. The van der Waals surface area contributed by atoms with Crippen LogP contribution in [0.5, 0.6) is 0 Å². The minimum Gasteiger partial charge on any atom is -0.445 e. The summed E-state index contributed by atoms with van der Waals surface area (Å²) in [7, 11) is -3.61. The monoisotopic (exact) mass is 445 g/mol. The van der Waals surface area contributed by atoms with Crippen molar-refractivity contribution < 1.29 is 17.2 Å². The Bertz CT molecular complexity index is 1230. The van der Waals surface area contributed by atoms with Gasteiger partial charge in [-0.05, 0) is 31.4 Å². The van der Waals surface area contributed by atoms with E-state index >= 15 is 0 Å². The number of rotatable bonds is 5. The maximum Gasteiger partial charge on any atom is 0.241 e. The molecule has 10 heteroatoms. The molecular weight excluding hydrogens is 421 g/mol. The van der Waals surface area contributed by atoms with E-state index in [1.807, 2.05) is 12.3 Å². The zero-order valence-corrected chi connectivity index (χ0v) is 18.1. The molecule has 3 heterocycles. The number of fused-ring (bicyclic) bond motifs is 1. The number of sulfonamides is 1. The van der Waals surface area contributed by atoms with Gasteiger partial charge in [0.05, 0.1) is 16.8 Å². The molecule has 5 rings (SSSR count). The lowest BCUT2D eigenvalue weighted by atomic mass is 10.0. The number of anilines is 2. The van der Waals surface area contributed by atoms with Crippen molar-refractivity contribution in [3.8, 4) is 0 Å². The molecule has 2 atom stereocenters. The van der Waals surface area contributed by atoms with E-state index < -0.39 is 15.8 Å². The van der Waals surface area contributed by atoms with E-state index in [1.165, 1.54) is 12.1 Å². The molecule has 1 fully saturated rings. The summed E-state index contributed by atoms with van der Waals surface area (Å²) in [5.41, 5.74) is 1.32. The topological polar surface area (TPSA) is 113 Å². The van der Waals surface area contributed by atoms with Crippen LogP contribution in [0, 0.1) is 5.82 Å². The minimum absolute atomic E-state index is 0.0116. The van der Waals surface area contributed by atoms with Crippen LogP contribution in [0.3, 0.4) is 0 Å². The fourth-order valence-corrected chi connectivity index (χ4v) is 5.58. The highest BCUT2D eigenvalue weighted by Crippen LogP contribution is 2.43. The maximum absolute atomic E-state index is 14.8. The lowest BCUT2D eigenvalue weighted by Crippen LogP contribution is -2.13. The number of H-pyrrole nitrogens is 1. The van der Waals surface area contributed by atoms with Crippen LogP contribution in [-0.2, 0) is 16.6 Å². The second-order valence-electron chi connectivity index (χ2n) is 8.52. The summed E-state index contributed by atoms with van der Waals surface area (Å²) in [6.07, 6.45) is 4.71. The van der Waals surface area contributed by atoms with Crippen LogP contribution in [0.1, 0.15) is 73.8 Å². The third-order valence-corrected chi connectivity index (χ3v) is 7.61. The first-order chi connectivity index (χ1) is 14.8. The van der Waals surface area contributed by atoms with Gasteiger partial charge in [-0.3, -0.25) is 5.10 Å². The third kappa shape index (κ3) is 3.63. The highest BCUT2D eigenvalue weighted by Gasteiger charge is 2.32. The van der Waals surface area contributed by atoms with Crippen LogP contribution < -0.4 is 10.0 Å². The number of nitrogens with one attached hydrogen (secondary N) is 3. The lowest BCUT2D eigenvalue weighted by molar-refractivity contribution is 0.406. The zero-order chi connectivity index (χ0) is 21.8. The first-order valence-electron chi connectivity index (χ1n) is 10.4. The minimum atomic E-state index is -3.61. The van der Waals surface area contributed by atoms with Crippen molar-refractivity contribution in [3.63, 3.8) is 0 Å². The van der Waals surface area contributed by atoms with E-state index in [1.54, 1.807) is 0 Å². The van der Waals surface area contributed by atoms with E-state index in [9.17, 15) is 12.8 Å². The molecule has 0 bridgehead atoms. The van der Waals surface area contributed by atoms with Crippen LogP contribution in [-0.4, -0.2) is 23.6 Å². The number of benzene rings is 1. The highest BCUT2D eigenvalue weighted by atomic mass is 32.2. The number of nitrogens with zero attached hydrogens (tertiary/aromatic N) is 2. The summed E-state index contributed by atoms with van der Waals surface area (Å²) >= 11 is 0. The molecule has 3 aromatic rings. The summed E-state index contributed by atoms with van der Waals surface area (Å²) in [5.74, 6) is 2.50. The van der Waals surface area contributed by atoms with Gasteiger partial charge in [-0.25, -0.2) is 22.5 Å². The van der Waals surface area contributed by atoms with Crippen LogP contribution in [0.25, 0.3) is 0 Å². The molecule has 3 N–H and O–H groups in total. The normalized spacial score (nSPS) is 22.2. The van der Waals surface area contributed by atoms with Crippen LogP contribution in [0.2, 0.25) is 0 Å². The molecule has 1 aliphatic carbocycles. The molecule has 0 saturated heterocycles. The van der Waals surface area contributed by atoms with Crippen molar-refractivity contribution >= 4 is 21.5 Å². The SMILES string of the molecule is CC(C)c1cnc(C2CCC(c3cc(Nc4ccc5c(c4F)CNS5(=O)=O)n[nH]3)C2)o1. The molecule has 8 nitrogen and oxygen atoms in total. The standard InChI is InChI=1S/C21H24FN5O3S/c1-11(2)17-10-23-21(30-17)13-4-3-12(7-13)16-8-19(27-26-16)25-15-5-6-18-14(20(15)22)9-24-31(18,28)29/h5-6,8,10-13,24H,3-4,7,9H2,1-2H3,(H2,25,26,27). The average Bonchev–Trinajstić information content (AvgIpc) is 3.49. The van der Waals surface area contributed by atoms with Crippen LogP contribution in [0.15, 0.2) is 33.7 Å². The molecule has 0 spiro atoms. The second-order valence-corrected chi connectivity index (χ2v) is 10.3. The number of hydrogen-bond donors (Lipinski definition) is 3. The van der Waals surface area contributed by atoms with Crippen LogP contribution in [0.4, 0.5) is 15.9 Å². The predicted octanol–water partition coefficient (Wildman–Crippen LogP) is 4.25. The van der Waals surface area contributed by atoms with Gasteiger partial charge in [0.25, 0.3) is 0 Å². The van der Waals surface area contributed by atoms with Gasteiger partial charge in [-0.1, -0.05) is 13.8 Å². The Hall–Kier alpha value is -2.72. The van der Waals surface area contributed by atoms with Gasteiger partial charge in [0.2, 0.25) is 10.0 Å². The lowest BCUT2D eigenvalue weighted by Gasteiger charge is -2.08. The Kier molecular flexibility index (Phi) is 4.86. The van der Waals surface area contributed by atoms with Gasteiger partial charge in [0, 0.05) is 41.6 Å². The molecule has 0 radical (unpaired) electrons. The molecule has 1 aliphatic heterocycles. The summed E-state index contributed by atoms with van der Waals surface area (Å²) < 4.78 is 46.8. The second kappa shape index (κ2) is 7.45. The van der Waals surface area contributed by atoms with Crippen molar-refractivity contribution in [2.24, 2.45) is 0 Å². The predicted molar refractivity (Wildman–Crippen MR) is 112 cm³/mol. The van der Waals surface area contributed by atoms with Crippen molar-refractivity contribution in [2.75, 3.05) is 5.32 Å². The fraction of sp³-hybridized carbons (Fsp3) is 0.429. The first-order valence-corrected chi connectivity index (χ1v) is 11.9. The molecule has 31 heavy (non-hydrogen) atoms. The molecule has 1 aromatic carbocycles. The maximum atomic E-state index is 14.8. The van der Waals surface area contributed by atoms with Gasteiger partial charge >= 0.3 is 0 Å². The Labute approximate surface area is 179 Å². The number of aromatic nitrogens is 3. The Morgan fingerprint density at radius 1 is 1.26 bits per heavy atom. The smallest absolute Gasteiger partial charge is 0.241 e. The molecule has 2 unspecified atom stereocenters. The van der Waals surface area contributed by atoms with Crippen molar-refractivity contribution in [1.29, 1.82) is 0 Å². The summed E-state index contributed by atoms with van der Waals surface area (Å²) in [6, 6.07) is 4.71. The summed E-state index contributed by atoms with van der Waals surface area (Å²) in [6.45, 7) is 4.12. The fourth-order valence-electron chi connectivity index (χ4n) is 4.35. The zero-order valence-electron chi connectivity index (χ0n) is 17.3. The average molecular weight is 446 g/mol. The van der Waals surface area contributed by atoms with Gasteiger partial charge in [0.1, 0.15) is 5.76 Å². The van der Waals surface area contributed by atoms with Gasteiger partial charge in [-0.15, -0.1) is 0 Å². The molecular formula is C21H24FN5O3S. The number of oxazole rings is 1. The van der Waals surface area contributed by atoms with Crippen molar-refractivity contribution in [2.45, 2.75) is 62.3 Å². The molecule has 0 amide bonds. The van der Waals surface area contributed by atoms with E-state index in [-0.39, 0.29) is 28.6 Å². The summed E-state index contributed by atoms with van der Waals surface area (Å²) in [5, 5.41) is 10.3. The number of halogens is 1. The van der Waals surface area contributed by atoms with Gasteiger partial charge in [-0.2, -0.15) is 5.10 Å². The van der Waals surface area contributed by atoms with E-state index in [4.69, 9.17) is 4.42 Å².